The van der Waals surface area contributed by atoms with Gasteiger partial charge in [-0.25, -0.2) is 8.78 Å². The molecule has 0 unspecified atom stereocenters. The number of rotatable bonds is 6. The first-order valence-corrected chi connectivity index (χ1v) is 4.72. The van der Waals surface area contributed by atoms with Gasteiger partial charge in [-0.1, -0.05) is 5.21 Å². The summed E-state index contributed by atoms with van der Waals surface area (Å²) < 4.78 is 26.8. The smallest absolute Gasteiger partial charge is 0.277 e. The maximum absolute atomic E-state index is 12.7. The van der Waals surface area contributed by atoms with Crippen LogP contribution in [-0.4, -0.2) is 39.9 Å². The second-order valence-corrected chi connectivity index (χ2v) is 3.25. The van der Waals surface area contributed by atoms with Crippen molar-refractivity contribution in [3.05, 3.63) is 12.4 Å². The van der Waals surface area contributed by atoms with Crippen LogP contribution in [0.5, 0.6) is 0 Å². The standard InChI is InChI=1S/C8H13F2N5O.ClH/c9-8(10,5-11)6-12-7(16)1-3-15-4-2-13-14-15;/h2,4H,1,3,5-6,11H2,(H,12,16);1H. The van der Waals surface area contributed by atoms with Crippen molar-refractivity contribution in [3.63, 3.8) is 0 Å². The van der Waals surface area contributed by atoms with Crippen molar-refractivity contribution < 1.29 is 13.6 Å². The summed E-state index contributed by atoms with van der Waals surface area (Å²) in [4.78, 5) is 11.2. The third-order valence-corrected chi connectivity index (χ3v) is 1.88. The van der Waals surface area contributed by atoms with Crippen molar-refractivity contribution >= 4 is 18.3 Å². The summed E-state index contributed by atoms with van der Waals surface area (Å²) in [7, 11) is 0. The fourth-order valence-electron chi connectivity index (χ4n) is 0.957. The maximum atomic E-state index is 12.7. The molecule has 0 aliphatic carbocycles. The van der Waals surface area contributed by atoms with Gasteiger partial charge in [0.25, 0.3) is 5.92 Å². The van der Waals surface area contributed by atoms with Gasteiger partial charge in [-0.15, -0.1) is 17.5 Å². The molecule has 1 amide bonds. The SMILES string of the molecule is Cl.NCC(F)(F)CNC(=O)CCn1ccnn1. The fraction of sp³-hybridized carbons (Fsp3) is 0.625. The molecule has 0 aliphatic rings. The molecule has 1 aromatic heterocycles. The lowest BCUT2D eigenvalue weighted by molar-refractivity contribution is -0.123. The van der Waals surface area contributed by atoms with Crippen LogP contribution >= 0.6 is 12.4 Å². The van der Waals surface area contributed by atoms with Crippen molar-refractivity contribution in [1.82, 2.24) is 20.3 Å². The van der Waals surface area contributed by atoms with E-state index in [9.17, 15) is 13.6 Å². The first-order valence-electron chi connectivity index (χ1n) is 4.72. The molecule has 0 aromatic carbocycles. The fourth-order valence-corrected chi connectivity index (χ4v) is 0.957. The topological polar surface area (TPSA) is 85.8 Å². The van der Waals surface area contributed by atoms with Crippen molar-refractivity contribution in [2.45, 2.75) is 18.9 Å². The molecule has 6 nitrogen and oxygen atoms in total. The number of aromatic nitrogens is 3. The highest BCUT2D eigenvalue weighted by atomic mass is 35.5. The Morgan fingerprint density at radius 3 is 2.76 bits per heavy atom. The molecular weight excluding hydrogens is 256 g/mol. The Hall–Kier alpha value is -1.28. The van der Waals surface area contributed by atoms with E-state index in [1.54, 1.807) is 6.20 Å². The Balaban J connectivity index is 0.00000256. The number of hydrogen-bond donors (Lipinski definition) is 2. The summed E-state index contributed by atoms with van der Waals surface area (Å²) in [6.07, 6.45) is 3.13. The van der Waals surface area contributed by atoms with Gasteiger partial charge in [0.2, 0.25) is 5.91 Å². The molecule has 1 rings (SSSR count). The number of carbonyl (C=O) groups excluding carboxylic acids is 1. The average Bonchev–Trinajstić information content (AvgIpc) is 2.76. The minimum atomic E-state index is -3.05. The van der Waals surface area contributed by atoms with Crippen LogP contribution in [0.4, 0.5) is 8.78 Å². The number of nitrogens with two attached hydrogens (primary N) is 1. The highest BCUT2D eigenvalue weighted by Gasteiger charge is 2.26. The number of amides is 1. The number of carbonyl (C=O) groups is 1. The van der Waals surface area contributed by atoms with Gasteiger partial charge in [0.05, 0.1) is 25.8 Å². The third kappa shape index (κ3) is 6.12. The van der Waals surface area contributed by atoms with Crippen LogP contribution in [0.15, 0.2) is 12.4 Å². The number of nitrogens with one attached hydrogen (secondary N) is 1. The minimum Gasteiger partial charge on any atom is -0.350 e. The molecule has 0 saturated carbocycles. The Kier molecular flexibility index (Phi) is 6.59. The lowest BCUT2D eigenvalue weighted by atomic mass is 10.3. The van der Waals surface area contributed by atoms with Crippen molar-refractivity contribution in [3.8, 4) is 0 Å². The van der Waals surface area contributed by atoms with E-state index >= 15 is 0 Å². The van der Waals surface area contributed by atoms with E-state index in [-0.39, 0.29) is 18.8 Å². The first-order chi connectivity index (χ1) is 7.53. The second kappa shape index (κ2) is 7.13. The zero-order valence-corrected chi connectivity index (χ0v) is 9.79. The van der Waals surface area contributed by atoms with E-state index in [1.807, 2.05) is 0 Å². The van der Waals surface area contributed by atoms with Crippen molar-refractivity contribution in [2.24, 2.45) is 5.73 Å². The molecule has 0 fully saturated rings. The molecule has 1 heterocycles. The van der Waals surface area contributed by atoms with E-state index in [2.05, 4.69) is 15.6 Å². The van der Waals surface area contributed by atoms with Crippen molar-refractivity contribution in [2.75, 3.05) is 13.1 Å². The highest BCUT2D eigenvalue weighted by molar-refractivity contribution is 5.85. The Morgan fingerprint density at radius 1 is 1.53 bits per heavy atom. The summed E-state index contributed by atoms with van der Waals surface area (Å²) in [6.45, 7) is -1.21. The van der Waals surface area contributed by atoms with Gasteiger partial charge in [-0.3, -0.25) is 9.48 Å². The van der Waals surface area contributed by atoms with Crippen LogP contribution in [0, 0.1) is 0 Å². The summed E-state index contributed by atoms with van der Waals surface area (Å²) in [5, 5.41) is 9.28. The van der Waals surface area contributed by atoms with Gasteiger partial charge in [-0.05, 0) is 0 Å². The lowest BCUT2D eigenvalue weighted by Gasteiger charge is -2.14. The number of halogens is 3. The van der Waals surface area contributed by atoms with E-state index in [1.165, 1.54) is 10.9 Å². The van der Waals surface area contributed by atoms with Gasteiger partial charge in [0.1, 0.15) is 0 Å². The number of nitrogens with zero attached hydrogens (tertiary/aromatic N) is 3. The van der Waals surface area contributed by atoms with Gasteiger partial charge < -0.3 is 11.1 Å². The van der Waals surface area contributed by atoms with E-state index < -0.39 is 24.9 Å². The Bertz CT molecular complexity index is 333. The molecule has 0 saturated heterocycles. The summed E-state index contributed by atoms with van der Waals surface area (Å²) in [5.74, 6) is -3.52. The number of aryl methyl sites for hydroxylation is 1. The number of hydrogen-bond acceptors (Lipinski definition) is 4. The Labute approximate surface area is 103 Å². The van der Waals surface area contributed by atoms with Crippen LogP contribution in [0.25, 0.3) is 0 Å². The lowest BCUT2D eigenvalue weighted by Crippen LogP contribution is -2.41. The zero-order valence-electron chi connectivity index (χ0n) is 8.97. The van der Waals surface area contributed by atoms with E-state index in [4.69, 9.17) is 5.73 Å². The molecule has 1 aromatic rings. The van der Waals surface area contributed by atoms with Gasteiger partial charge >= 0.3 is 0 Å². The molecule has 17 heavy (non-hydrogen) atoms. The molecule has 0 radical (unpaired) electrons. The van der Waals surface area contributed by atoms with Gasteiger partial charge in [0.15, 0.2) is 0 Å². The van der Waals surface area contributed by atoms with Crippen LogP contribution in [0.2, 0.25) is 0 Å². The molecule has 3 N–H and O–H groups in total. The normalized spacial score (nSPS) is 10.8. The van der Waals surface area contributed by atoms with E-state index in [0.717, 1.165) is 0 Å². The zero-order chi connectivity index (χ0) is 12.0. The predicted octanol–water partition coefficient (Wildman–Crippen LogP) is -0.200. The van der Waals surface area contributed by atoms with Gasteiger partial charge in [-0.2, -0.15) is 0 Å². The number of alkyl halides is 2. The van der Waals surface area contributed by atoms with E-state index in [0.29, 0.717) is 6.54 Å². The van der Waals surface area contributed by atoms with Crippen LogP contribution < -0.4 is 11.1 Å². The van der Waals surface area contributed by atoms with Crippen molar-refractivity contribution in [1.29, 1.82) is 0 Å². The molecule has 0 bridgehead atoms. The monoisotopic (exact) mass is 269 g/mol. The summed E-state index contributed by atoms with van der Waals surface area (Å²) in [6, 6.07) is 0. The second-order valence-electron chi connectivity index (χ2n) is 3.25. The third-order valence-electron chi connectivity index (χ3n) is 1.88. The largest absolute Gasteiger partial charge is 0.350 e. The van der Waals surface area contributed by atoms with Crippen LogP contribution in [-0.2, 0) is 11.3 Å². The Morgan fingerprint density at radius 2 is 2.24 bits per heavy atom. The molecule has 9 heteroatoms. The van der Waals surface area contributed by atoms with Gasteiger partial charge in [0, 0.05) is 12.6 Å². The first kappa shape index (κ1) is 15.7. The van der Waals surface area contributed by atoms with Crippen LogP contribution in [0.3, 0.4) is 0 Å². The van der Waals surface area contributed by atoms with Crippen LogP contribution in [0.1, 0.15) is 6.42 Å². The molecule has 98 valence electrons. The minimum absolute atomic E-state index is 0. The highest BCUT2D eigenvalue weighted by Crippen LogP contribution is 2.08. The predicted molar refractivity (Wildman–Crippen MR) is 58.9 cm³/mol. The summed E-state index contributed by atoms with van der Waals surface area (Å²) >= 11 is 0. The molecular formula is C8H14ClF2N5O. The molecule has 0 aliphatic heterocycles. The molecule has 0 atom stereocenters. The molecule has 0 spiro atoms. The summed E-state index contributed by atoms with van der Waals surface area (Å²) in [5.41, 5.74) is 4.82. The average molecular weight is 270 g/mol. The quantitative estimate of drug-likeness (QED) is 0.749. The maximum Gasteiger partial charge on any atom is 0.277 e.